The zero-order chi connectivity index (χ0) is 13.1. The van der Waals surface area contributed by atoms with Gasteiger partial charge in [-0.2, -0.15) is 0 Å². The number of benzene rings is 1. The molecule has 3 nitrogen and oxygen atoms in total. The van der Waals surface area contributed by atoms with E-state index in [9.17, 15) is 4.39 Å². The van der Waals surface area contributed by atoms with Crippen molar-refractivity contribution in [1.29, 1.82) is 0 Å². The Morgan fingerprint density at radius 3 is 2.83 bits per heavy atom. The van der Waals surface area contributed by atoms with E-state index >= 15 is 0 Å². The van der Waals surface area contributed by atoms with Crippen LogP contribution in [0.1, 0.15) is 5.56 Å². The van der Waals surface area contributed by atoms with Crippen LogP contribution < -0.4 is 10.5 Å². The highest BCUT2D eigenvalue weighted by Gasteiger charge is 2.11. The van der Waals surface area contributed by atoms with E-state index in [0.717, 1.165) is 5.56 Å². The number of nitrogens with zero attached hydrogens (tertiary/aromatic N) is 1. The van der Waals surface area contributed by atoms with Crippen LogP contribution in [0.2, 0.25) is 5.02 Å². The number of nitrogens with two attached hydrogens (primary N) is 1. The summed E-state index contributed by atoms with van der Waals surface area (Å²) in [6.07, 6.45) is 1.56. The largest absolute Gasteiger partial charge is 0.436 e. The molecule has 2 rings (SSSR count). The predicted octanol–water partition coefficient (Wildman–Crippen LogP) is 3.89. The van der Waals surface area contributed by atoms with E-state index < -0.39 is 0 Å². The SMILES string of the molecule is NCc1ccnc(Oc2ccc(F)cc2Br)c1Cl. The summed E-state index contributed by atoms with van der Waals surface area (Å²) in [4.78, 5) is 4.02. The first kappa shape index (κ1) is 13.3. The Bertz CT molecular complexity index is 580. The first-order valence-electron chi connectivity index (χ1n) is 5.08. The van der Waals surface area contributed by atoms with Crippen molar-refractivity contribution in [2.75, 3.05) is 0 Å². The molecule has 2 N–H and O–H groups in total. The van der Waals surface area contributed by atoms with E-state index in [0.29, 0.717) is 21.8 Å². The van der Waals surface area contributed by atoms with Crippen molar-refractivity contribution < 1.29 is 9.13 Å². The highest BCUT2D eigenvalue weighted by Crippen LogP contribution is 2.33. The fourth-order valence-electron chi connectivity index (χ4n) is 1.35. The first-order valence-corrected chi connectivity index (χ1v) is 6.25. The third-order valence-electron chi connectivity index (χ3n) is 2.26. The van der Waals surface area contributed by atoms with Crippen molar-refractivity contribution in [3.05, 3.63) is 51.3 Å². The summed E-state index contributed by atoms with van der Waals surface area (Å²) in [7, 11) is 0. The molecule has 0 aliphatic rings. The first-order chi connectivity index (χ1) is 8.61. The average Bonchev–Trinajstić information content (AvgIpc) is 2.35. The van der Waals surface area contributed by atoms with Crippen LogP contribution >= 0.6 is 27.5 Å². The number of hydrogen-bond acceptors (Lipinski definition) is 3. The Hall–Kier alpha value is -1.17. The van der Waals surface area contributed by atoms with Crippen molar-refractivity contribution in [3.8, 4) is 11.6 Å². The zero-order valence-electron chi connectivity index (χ0n) is 9.16. The van der Waals surface area contributed by atoms with Crippen molar-refractivity contribution >= 4 is 27.5 Å². The standard InChI is InChI=1S/C12H9BrClFN2O/c13-9-5-8(15)1-2-10(9)18-12-11(14)7(6-16)3-4-17-12/h1-5H,6,16H2. The molecule has 0 aliphatic heterocycles. The van der Waals surface area contributed by atoms with Crippen LogP contribution in [-0.2, 0) is 6.54 Å². The molecule has 0 fully saturated rings. The Balaban J connectivity index is 2.34. The fourth-order valence-corrected chi connectivity index (χ4v) is 2.01. The Labute approximate surface area is 117 Å². The molecule has 0 amide bonds. The maximum absolute atomic E-state index is 12.9. The minimum atomic E-state index is -0.357. The number of hydrogen-bond donors (Lipinski definition) is 1. The average molecular weight is 332 g/mol. The van der Waals surface area contributed by atoms with Crippen LogP contribution in [0.3, 0.4) is 0 Å². The number of pyridine rings is 1. The van der Waals surface area contributed by atoms with Crippen molar-refractivity contribution in [2.45, 2.75) is 6.54 Å². The molecule has 0 atom stereocenters. The Morgan fingerprint density at radius 2 is 2.17 bits per heavy atom. The summed E-state index contributed by atoms with van der Waals surface area (Å²) in [5, 5.41) is 0.358. The number of ether oxygens (including phenoxy) is 1. The lowest BCUT2D eigenvalue weighted by Crippen LogP contribution is -1.99. The van der Waals surface area contributed by atoms with E-state index in [1.165, 1.54) is 18.2 Å². The molecular formula is C12H9BrClFN2O. The molecule has 0 saturated carbocycles. The van der Waals surface area contributed by atoms with Gasteiger partial charge < -0.3 is 10.5 Å². The molecule has 0 radical (unpaired) electrons. The summed E-state index contributed by atoms with van der Waals surface area (Å²) in [5.41, 5.74) is 6.27. The molecule has 0 bridgehead atoms. The molecule has 0 aliphatic carbocycles. The molecule has 1 heterocycles. The monoisotopic (exact) mass is 330 g/mol. The van der Waals surface area contributed by atoms with Gasteiger partial charge in [0.1, 0.15) is 16.6 Å². The van der Waals surface area contributed by atoms with E-state index in [1.54, 1.807) is 12.3 Å². The minimum Gasteiger partial charge on any atom is -0.436 e. The maximum atomic E-state index is 12.9. The van der Waals surface area contributed by atoms with Crippen LogP contribution in [0, 0.1) is 5.82 Å². The van der Waals surface area contributed by atoms with E-state index in [-0.39, 0.29) is 11.7 Å². The third-order valence-corrected chi connectivity index (χ3v) is 3.28. The fraction of sp³-hybridized carbons (Fsp3) is 0.0833. The molecule has 18 heavy (non-hydrogen) atoms. The summed E-state index contributed by atoms with van der Waals surface area (Å²) < 4.78 is 19.0. The third kappa shape index (κ3) is 2.80. The normalized spacial score (nSPS) is 10.4. The van der Waals surface area contributed by atoms with Gasteiger partial charge in [-0.15, -0.1) is 0 Å². The Morgan fingerprint density at radius 1 is 1.39 bits per heavy atom. The van der Waals surface area contributed by atoms with Gasteiger partial charge in [0, 0.05) is 12.7 Å². The minimum absolute atomic E-state index is 0.243. The van der Waals surface area contributed by atoms with E-state index in [4.69, 9.17) is 22.1 Å². The lowest BCUT2D eigenvalue weighted by atomic mass is 10.2. The molecule has 0 spiro atoms. The topological polar surface area (TPSA) is 48.1 Å². The quantitative estimate of drug-likeness (QED) is 0.928. The molecule has 1 aromatic heterocycles. The number of halogens is 3. The summed E-state index contributed by atoms with van der Waals surface area (Å²) >= 11 is 9.29. The van der Waals surface area contributed by atoms with Crippen molar-refractivity contribution in [3.63, 3.8) is 0 Å². The van der Waals surface area contributed by atoms with Crippen molar-refractivity contribution in [2.24, 2.45) is 5.73 Å². The number of aromatic nitrogens is 1. The van der Waals surface area contributed by atoms with Crippen LogP contribution in [0.4, 0.5) is 4.39 Å². The van der Waals surface area contributed by atoms with E-state index in [2.05, 4.69) is 20.9 Å². The van der Waals surface area contributed by atoms with E-state index in [1.807, 2.05) is 0 Å². The van der Waals surface area contributed by atoms with Crippen LogP contribution in [0.25, 0.3) is 0 Å². The summed E-state index contributed by atoms with van der Waals surface area (Å²) in [6.45, 7) is 0.294. The van der Waals surface area contributed by atoms with Gasteiger partial charge in [-0.1, -0.05) is 11.6 Å². The molecule has 2 aromatic rings. The molecule has 0 unspecified atom stereocenters. The number of rotatable bonds is 3. The predicted molar refractivity (Wildman–Crippen MR) is 71.3 cm³/mol. The van der Waals surface area contributed by atoms with Gasteiger partial charge >= 0.3 is 0 Å². The second-order valence-corrected chi connectivity index (χ2v) is 4.70. The van der Waals surface area contributed by atoms with Crippen LogP contribution in [-0.4, -0.2) is 4.98 Å². The molecule has 94 valence electrons. The molecular weight excluding hydrogens is 322 g/mol. The van der Waals surface area contributed by atoms with Gasteiger partial charge in [0.15, 0.2) is 0 Å². The lowest BCUT2D eigenvalue weighted by molar-refractivity contribution is 0.458. The second kappa shape index (κ2) is 5.65. The molecule has 6 heteroatoms. The summed E-state index contributed by atoms with van der Waals surface area (Å²) in [6, 6.07) is 5.80. The maximum Gasteiger partial charge on any atom is 0.238 e. The lowest BCUT2D eigenvalue weighted by Gasteiger charge is -2.10. The van der Waals surface area contributed by atoms with Crippen LogP contribution in [0.5, 0.6) is 11.6 Å². The highest BCUT2D eigenvalue weighted by molar-refractivity contribution is 9.10. The molecule has 1 aromatic carbocycles. The van der Waals surface area contributed by atoms with Gasteiger partial charge in [-0.05, 0) is 45.8 Å². The van der Waals surface area contributed by atoms with Gasteiger partial charge in [0.05, 0.1) is 4.47 Å². The highest BCUT2D eigenvalue weighted by atomic mass is 79.9. The van der Waals surface area contributed by atoms with Crippen molar-refractivity contribution in [1.82, 2.24) is 4.98 Å². The van der Waals surface area contributed by atoms with Gasteiger partial charge in [0.25, 0.3) is 0 Å². The van der Waals surface area contributed by atoms with Gasteiger partial charge in [-0.3, -0.25) is 0 Å². The summed E-state index contributed by atoms with van der Waals surface area (Å²) in [5.74, 6) is 0.316. The zero-order valence-corrected chi connectivity index (χ0v) is 11.5. The smallest absolute Gasteiger partial charge is 0.238 e. The van der Waals surface area contributed by atoms with Crippen LogP contribution in [0.15, 0.2) is 34.9 Å². The Kier molecular flexibility index (Phi) is 4.16. The second-order valence-electron chi connectivity index (χ2n) is 3.47. The van der Waals surface area contributed by atoms with Gasteiger partial charge in [0.2, 0.25) is 5.88 Å². The van der Waals surface area contributed by atoms with Gasteiger partial charge in [-0.25, -0.2) is 9.37 Å². The molecule has 0 saturated heterocycles.